The van der Waals surface area contributed by atoms with Crippen molar-refractivity contribution < 1.29 is 4.79 Å². The maximum atomic E-state index is 12.0. The van der Waals surface area contributed by atoms with Crippen molar-refractivity contribution in [2.75, 3.05) is 44.7 Å². The van der Waals surface area contributed by atoms with Gasteiger partial charge < -0.3 is 15.1 Å². The number of hydrogen-bond donors (Lipinski definition) is 1. The summed E-state index contributed by atoms with van der Waals surface area (Å²) in [5.74, 6) is 0.706. The van der Waals surface area contributed by atoms with Crippen LogP contribution < -0.4 is 10.2 Å². The Morgan fingerprint density at radius 2 is 2.06 bits per heavy atom. The van der Waals surface area contributed by atoms with E-state index in [1.54, 1.807) is 23.4 Å². The Morgan fingerprint density at radius 1 is 1.41 bits per heavy atom. The molecule has 1 aromatic rings. The molecule has 0 saturated carbocycles. The summed E-state index contributed by atoms with van der Waals surface area (Å²) in [6.07, 6.45) is 3.35. The minimum absolute atomic E-state index is 0.126. The molecule has 1 saturated heterocycles. The number of nitrogens with zero attached hydrogens (tertiary/aromatic N) is 4. The van der Waals surface area contributed by atoms with Gasteiger partial charge in [-0.3, -0.25) is 4.79 Å². The summed E-state index contributed by atoms with van der Waals surface area (Å²) in [7, 11) is 1.83. The molecule has 0 radical (unpaired) electrons. The molecule has 1 aliphatic heterocycles. The molecular formula is C11H17N5O. The summed E-state index contributed by atoms with van der Waals surface area (Å²) in [6, 6.07) is 1.76. The number of piperazine rings is 1. The van der Waals surface area contributed by atoms with E-state index >= 15 is 0 Å². The monoisotopic (exact) mass is 235 g/mol. The van der Waals surface area contributed by atoms with Gasteiger partial charge in [-0.2, -0.15) is 0 Å². The third-order valence-corrected chi connectivity index (χ3v) is 2.74. The number of likely N-dealkylation sites (N-methyl/N-ethyl adjacent to an activating group) is 1. The van der Waals surface area contributed by atoms with E-state index in [0.717, 1.165) is 26.2 Å². The highest BCUT2D eigenvalue weighted by atomic mass is 16.2. The lowest BCUT2D eigenvalue weighted by Crippen LogP contribution is -2.49. The molecular weight excluding hydrogens is 218 g/mol. The molecule has 0 unspecified atom stereocenters. The first-order valence-corrected chi connectivity index (χ1v) is 5.74. The third-order valence-electron chi connectivity index (χ3n) is 2.74. The lowest BCUT2D eigenvalue weighted by Gasteiger charge is -2.29. The van der Waals surface area contributed by atoms with Gasteiger partial charge >= 0.3 is 0 Å². The van der Waals surface area contributed by atoms with E-state index in [1.807, 2.05) is 11.9 Å². The molecule has 1 aliphatic rings. The van der Waals surface area contributed by atoms with Crippen LogP contribution >= 0.6 is 0 Å². The predicted molar refractivity (Wildman–Crippen MR) is 64.8 cm³/mol. The second kappa shape index (κ2) is 5.58. The van der Waals surface area contributed by atoms with Crippen molar-refractivity contribution in [2.24, 2.45) is 0 Å². The summed E-state index contributed by atoms with van der Waals surface area (Å²) in [4.78, 5) is 23.8. The molecule has 1 fully saturated rings. The zero-order valence-corrected chi connectivity index (χ0v) is 9.96. The molecule has 1 aromatic heterocycles. The molecule has 2 heterocycles. The van der Waals surface area contributed by atoms with E-state index in [0.29, 0.717) is 12.5 Å². The minimum atomic E-state index is 0.126. The quantitative estimate of drug-likeness (QED) is 0.754. The zero-order valence-electron chi connectivity index (χ0n) is 9.96. The molecule has 0 bridgehead atoms. The Bertz CT molecular complexity index is 363. The molecule has 1 amide bonds. The van der Waals surface area contributed by atoms with Crippen LogP contribution in [0.3, 0.4) is 0 Å². The van der Waals surface area contributed by atoms with E-state index in [4.69, 9.17) is 0 Å². The highest BCUT2D eigenvalue weighted by Gasteiger charge is 2.18. The summed E-state index contributed by atoms with van der Waals surface area (Å²) >= 11 is 0. The van der Waals surface area contributed by atoms with E-state index in [-0.39, 0.29) is 5.91 Å². The standard InChI is InChI=1S/C11H17N5O/c1-15(11-13-3-2-4-14-11)9-10(17)16-7-5-12-6-8-16/h2-4,12H,5-9H2,1H3. The Morgan fingerprint density at radius 3 is 2.71 bits per heavy atom. The topological polar surface area (TPSA) is 61.4 Å². The highest BCUT2D eigenvalue weighted by molar-refractivity contribution is 5.80. The zero-order chi connectivity index (χ0) is 12.1. The van der Waals surface area contributed by atoms with Gasteiger partial charge in [0.15, 0.2) is 0 Å². The lowest BCUT2D eigenvalue weighted by molar-refractivity contribution is -0.130. The van der Waals surface area contributed by atoms with Gasteiger partial charge in [0.2, 0.25) is 11.9 Å². The number of aromatic nitrogens is 2. The van der Waals surface area contributed by atoms with Crippen molar-refractivity contribution >= 4 is 11.9 Å². The fourth-order valence-electron chi connectivity index (χ4n) is 1.78. The summed E-state index contributed by atoms with van der Waals surface area (Å²) in [6.45, 7) is 3.63. The summed E-state index contributed by atoms with van der Waals surface area (Å²) < 4.78 is 0. The molecule has 1 N–H and O–H groups in total. The first kappa shape index (κ1) is 11.8. The number of carbonyl (C=O) groups is 1. The smallest absolute Gasteiger partial charge is 0.242 e. The number of amides is 1. The molecule has 17 heavy (non-hydrogen) atoms. The van der Waals surface area contributed by atoms with Crippen molar-refractivity contribution in [3.05, 3.63) is 18.5 Å². The number of nitrogens with one attached hydrogen (secondary N) is 1. The number of anilines is 1. The minimum Gasteiger partial charge on any atom is -0.339 e. The molecule has 0 atom stereocenters. The molecule has 6 heteroatoms. The van der Waals surface area contributed by atoms with Crippen molar-refractivity contribution in [1.82, 2.24) is 20.2 Å². The van der Waals surface area contributed by atoms with Gasteiger partial charge in [-0.15, -0.1) is 0 Å². The van der Waals surface area contributed by atoms with E-state index < -0.39 is 0 Å². The Kier molecular flexibility index (Phi) is 3.87. The van der Waals surface area contributed by atoms with Gasteiger partial charge in [0.05, 0.1) is 6.54 Å². The van der Waals surface area contributed by atoms with Crippen LogP contribution in [0.2, 0.25) is 0 Å². The Hall–Kier alpha value is -1.69. The number of hydrogen-bond acceptors (Lipinski definition) is 5. The van der Waals surface area contributed by atoms with Crippen molar-refractivity contribution in [3.8, 4) is 0 Å². The van der Waals surface area contributed by atoms with Crippen LogP contribution in [0, 0.1) is 0 Å². The number of rotatable bonds is 3. The highest BCUT2D eigenvalue weighted by Crippen LogP contribution is 2.03. The first-order chi connectivity index (χ1) is 8.27. The predicted octanol–water partition coefficient (Wildman–Crippen LogP) is -0.655. The van der Waals surface area contributed by atoms with Crippen molar-refractivity contribution in [1.29, 1.82) is 0 Å². The van der Waals surface area contributed by atoms with Gasteiger partial charge in [0.1, 0.15) is 0 Å². The Balaban J connectivity index is 1.89. The second-order valence-corrected chi connectivity index (χ2v) is 4.04. The lowest BCUT2D eigenvalue weighted by atomic mass is 10.3. The number of carbonyl (C=O) groups excluding carboxylic acids is 1. The first-order valence-electron chi connectivity index (χ1n) is 5.74. The molecule has 6 nitrogen and oxygen atoms in total. The van der Waals surface area contributed by atoms with Crippen LogP contribution in [0.5, 0.6) is 0 Å². The van der Waals surface area contributed by atoms with Crippen LogP contribution in [0.4, 0.5) is 5.95 Å². The van der Waals surface area contributed by atoms with Crippen LogP contribution in [-0.2, 0) is 4.79 Å². The van der Waals surface area contributed by atoms with Crippen molar-refractivity contribution in [3.63, 3.8) is 0 Å². The molecule has 0 spiro atoms. The average molecular weight is 235 g/mol. The molecule has 0 aromatic carbocycles. The van der Waals surface area contributed by atoms with Crippen LogP contribution in [0.1, 0.15) is 0 Å². The maximum absolute atomic E-state index is 12.0. The fourth-order valence-corrected chi connectivity index (χ4v) is 1.78. The largest absolute Gasteiger partial charge is 0.339 e. The van der Waals surface area contributed by atoms with Gasteiger partial charge in [-0.05, 0) is 6.07 Å². The van der Waals surface area contributed by atoms with Crippen LogP contribution in [0.25, 0.3) is 0 Å². The average Bonchev–Trinajstić information content (AvgIpc) is 2.40. The van der Waals surface area contributed by atoms with Crippen LogP contribution in [-0.4, -0.2) is 60.5 Å². The van der Waals surface area contributed by atoms with E-state index in [2.05, 4.69) is 15.3 Å². The maximum Gasteiger partial charge on any atom is 0.242 e. The summed E-state index contributed by atoms with van der Waals surface area (Å²) in [5.41, 5.74) is 0. The molecule has 0 aliphatic carbocycles. The van der Waals surface area contributed by atoms with Crippen LogP contribution in [0.15, 0.2) is 18.5 Å². The molecule has 2 rings (SSSR count). The second-order valence-electron chi connectivity index (χ2n) is 4.04. The van der Waals surface area contributed by atoms with E-state index in [1.165, 1.54) is 0 Å². The normalized spacial score (nSPS) is 15.7. The Labute approximate surface area is 101 Å². The third kappa shape index (κ3) is 3.13. The fraction of sp³-hybridized carbons (Fsp3) is 0.545. The SMILES string of the molecule is CN(CC(=O)N1CCNCC1)c1ncccn1. The van der Waals surface area contributed by atoms with E-state index in [9.17, 15) is 4.79 Å². The summed E-state index contributed by atoms with van der Waals surface area (Å²) in [5, 5.41) is 3.22. The van der Waals surface area contributed by atoms with Gasteiger partial charge in [0.25, 0.3) is 0 Å². The molecule has 92 valence electrons. The van der Waals surface area contributed by atoms with Gasteiger partial charge in [0, 0.05) is 45.6 Å². The van der Waals surface area contributed by atoms with Crippen molar-refractivity contribution in [2.45, 2.75) is 0 Å². The van der Waals surface area contributed by atoms with Gasteiger partial charge in [-0.1, -0.05) is 0 Å². The van der Waals surface area contributed by atoms with Gasteiger partial charge in [-0.25, -0.2) is 9.97 Å².